The van der Waals surface area contributed by atoms with Crippen LogP contribution in [-0.4, -0.2) is 11.8 Å². The fourth-order valence-corrected chi connectivity index (χ4v) is 4.24. The molecular formula is C15H15NO2. The molecular weight excluding hydrogens is 226 g/mol. The fourth-order valence-electron chi connectivity index (χ4n) is 4.24. The average Bonchev–Trinajstić information content (AvgIpc) is 3.05. The van der Waals surface area contributed by atoms with Crippen molar-refractivity contribution in [3.05, 3.63) is 30.3 Å². The first-order valence-corrected chi connectivity index (χ1v) is 6.70. The minimum absolute atomic E-state index is 0.0172. The molecule has 0 radical (unpaired) electrons. The quantitative estimate of drug-likeness (QED) is 0.707. The third-order valence-electron chi connectivity index (χ3n) is 4.94. The molecule has 4 atom stereocenters. The van der Waals surface area contributed by atoms with Crippen LogP contribution >= 0.6 is 0 Å². The van der Waals surface area contributed by atoms with Gasteiger partial charge in [0.1, 0.15) is 0 Å². The van der Waals surface area contributed by atoms with Gasteiger partial charge in [-0.25, -0.2) is 0 Å². The third-order valence-corrected chi connectivity index (χ3v) is 4.94. The van der Waals surface area contributed by atoms with Crippen LogP contribution in [0.15, 0.2) is 30.3 Å². The normalized spacial score (nSPS) is 37.4. The van der Waals surface area contributed by atoms with Gasteiger partial charge in [0, 0.05) is 0 Å². The third kappa shape index (κ3) is 1.14. The van der Waals surface area contributed by atoms with Crippen molar-refractivity contribution in [1.82, 2.24) is 0 Å². The molecule has 3 heteroatoms. The monoisotopic (exact) mass is 241 g/mol. The Morgan fingerprint density at radius 3 is 2.00 bits per heavy atom. The molecule has 92 valence electrons. The van der Waals surface area contributed by atoms with Crippen molar-refractivity contribution in [2.45, 2.75) is 19.3 Å². The first-order chi connectivity index (χ1) is 8.77. The molecule has 3 aliphatic rings. The number of hydrogen-bond acceptors (Lipinski definition) is 2. The predicted molar refractivity (Wildman–Crippen MR) is 66.7 cm³/mol. The Morgan fingerprint density at radius 2 is 1.44 bits per heavy atom. The van der Waals surface area contributed by atoms with E-state index in [-0.39, 0.29) is 23.7 Å². The molecule has 2 bridgehead atoms. The van der Waals surface area contributed by atoms with Crippen LogP contribution < -0.4 is 4.90 Å². The van der Waals surface area contributed by atoms with E-state index in [1.807, 2.05) is 30.3 Å². The molecule has 0 unspecified atom stereocenters. The van der Waals surface area contributed by atoms with E-state index in [1.165, 1.54) is 4.90 Å². The molecule has 1 aromatic carbocycles. The molecule has 0 N–H and O–H groups in total. The second-order valence-electron chi connectivity index (χ2n) is 5.73. The van der Waals surface area contributed by atoms with Crippen molar-refractivity contribution >= 4 is 17.5 Å². The number of rotatable bonds is 1. The Kier molecular flexibility index (Phi) is 1.97. The van der Waals surface area contributed by atoms with E-state index in [2.05, 4.69) is 0 Å². The van der Waals surface area contributed by atoms with E-state index in [4.69, 9.17) is 0 Å². The van der Waals surface area contributed by atoms with Crippen molar-refractivity contribution in [1.29, 1.82) is 0 Å². The van der Waals surface area contributed by atoms with Crippen LogP contribution in [0.1, 0.15) is 19.3 Å². The summed E-state index contributed by atoms with van der Waals surface area (Å²) in [5.41, 5.74) is 0.737. The summed E-state index contributed by atoms with van der Waals surface area (Å²) in [6.45, 7) is 0. The second-order valence-corrected chi connectivity index (χ2v) is 5.73. The number of imide groups is 1. The lowest BCUT2D eigenvalue weighted by Crippen LogP contribution is -2.32. The second kappa shape index (κ2) is 3.44. The first-order valence-electron chi connectivity index (χ1n) is 6.70. The predicted octanol–water partition coefficient (Wildman–Crippen LogP) is 2.22. The minimum Gasteiger partial charge on any atom is -0.274 e. The molecule has 2 amide bonds. The number of hydrogen-bond donors (Lipinski definition) is 0. The van der Waals surface area contributed by atoms with E-state index in [1.54, 1.807) is 0 Å². The summed E-state index contributed by atoms with van der Waals surface area (Å²) in [5.74, 6) is 0.982. The van der Waals surface area contributed by atoms with Crippen LogP contribution in [0, 0.1) is 23.7 Å². The molecule has 1 aliphatic heterocycles. The lowest BCUT2D eigenvalue weighted by Gasteiger charge is -2.19. The zero-order valence-corrected chi connectivity index (χ0v) is 10.1. The number of carbonyl (C=O) groups excluding carboxylic acids is 2. The van der Waals surface area contributed by atoms with Crippen molar-refractivity contribution in [3.8, 4) is 0 Å². The molecule has 0 aromatic heterocycles. The molecule has 2 saturated carbocycles. The van der Waals surface area contributed by atoms with Crippen LogP contribution in [0.25, 0.3) is 0 Å². The van der Waals surface area contributed by atoms with E-state index >= 15 is 0 Å². The summed E-state index contributed by atoms with van der Waals surface area (Å²) in [7, 11) is 0. The molecule has 1 saturated heterocycles. The lowest BCUT2D eigenvalue weighted by atomic mass is 9.81. The Morgan fingerprint density at radius 1 is 0.889 bits per heavy atom. The van der Waals surface area contributed by atoms with Gasteiger partial charge in [0.05, 0.1) is 17.5 Å². The smallest absolute Gasteiger partial charge is 0.237 e. The standard InChI is InChI=1S/C15H15NO2/c17-14-12-9-6-7-10(8-9)13(12)15(18)16(14)11-4-2-1-3-5-11/h1-5,9-10,12-13H,6-8H2/t9-,10-,12+,13+/m0/s1. The Labute approximate surface area is 106 Å². The van der Waals surface area contributed by atoms with Crippen LogP contribution in [0.2, 0.25) is 0 Å². The molecule has 2 aliphatic carbocycles. The van der Waals surface area contributed by atoms with Crippen molar-refractivity contribution in [2.75, 3.05) is 4.90 Å². The summed E-state index contributed by atoms with van der Waals surface area (Å²) in [4.78, 5) is 26.4. The van der Waals surface area contributed by atoms with Crippen LogP contribution in [0.5, 0.6) is 0 Å². The molecule has 1 aromatic rings. The zero-order valence-electron chi connectivity index (χ0n) is 10.1. The Hall–Kier alpha value is -1.64. The molecule has 1 heterocycles. The van der Waals surface area contributed by atoms with Gasteiger partial charge >= 0.3 is 0 Å². The van der Waals surface area contributed by atoms with Gasteiger partial charge in [0.2, 0.25) is 11.8 Å². The van der Waals surface area contributed by atoms with Gasteiger partial charge in [-0.15, -0.1) is 0 Å². The summed E-state index contributed by atoms with van der Waals surface area (Å²) >= 11 is 0. The number of amides is 2. The van der Waals surface area contributed by atoms with E-state index in [0.29, 0.717) is 11.8 Å². The maximum atomic E-state index is 12.5. The largest absolute Gasteiger partial charge is 0.274 e. The minimum atomic E-state index is -0.0172. The van der Waals surface area contributed by atoms with E-state index < -0.39 is 0 Å². The average molecular weight is 241 g/mol. The number of nitrogens with zero attached hydrogens (tertiary/aromatic N) is 1. The van der Waals surface area contributed by atoms with Gasteiger partial charge in [0.15, 0.2) is 0 Å². The lowest BCUT2D eigenvalue weighted by molar-refractivity contribution is -0.123. The van der Waals surface area contributed by atoms with Crippen LogP contribution in [0.4, 0.5) is 5.69 Å². The summed E-state index contributed by atoms with van der Waals surface area (Å²) < 4.78 is 0. The molecule has 3 fully saturated rings. The Balaban J connectivity index is 1.76. The summed E-state index contributed by atoms with van der Waals surface area (Å²) in [6, 6.07) is 9.34. The van der Waals surface area contributed by atoms with E-state index in [9.17, 15) is 9.59 Å². The molecule has 4 rings (SSSR count). The van der Waals surface area contributed by atoms with Gasteiger partial charge in [-0.2, -0.15) is 0 Å². The molecule has 3 nitrogen and oxygen atoms in total. The number of benzene rings is 1. The van der Waals surface area contributed by atoms with Gasteiger partial charge in [-0.05, 0) is 43.2 Å². The Bertz CT molecular complexity index is 497. The number of carbonyl (C=O) groups is 2. The number of para-hydroxylation sites is 1. The highest BCUT2D eigenvalue weighted by molar-refractivity contribution is 6.22. The highest BCUT2D eigenvalue weighted by Gasteiger charge is 2.61. The maximum Gasteiger partial charge on any atom is 0.237 e. The van der Waals surface area contributed by atoms with Gasteiger partial charge in [-0.3, -0.25) is 14.5 Å². The zero-order chi connectivity index (χ0) is 12.3. The van der Waals surface area contributed by atoms with Crippen molar-refractivity contribution in [2.24, 2.45) is 23.7 Å². The fraction of sp³-hybridized carbons (Fsp3) is 0.467. The van der Waals surface area contributed by atoms with Crippen LogP contribution in [-0.2, 0) is 9.59 Å². The van der Waals surface area contributed by atoms with Crippen molar-refractivity contribution in [3.63, 3.8) is 0 Å². The number of fused-ring (bicyclic) bond motifs is 5. The summed E-state index contributed by atoms with van der Waals surface area (Å²) in [5, 5.41) is 0. The first kappa shape index (κ1) is 10.3. The van der Waals surface area contributed by atoms with Gasteiger partial charge in [-0.1, -0.05) is 18.2 Å². The molecule has 0 spiro atoms. The van der Waals surface area contributed by atoms with Crippen LogP contribution in [0.3, 0.4) is 0 Å². The maximum absolute atomic E-state index is 12.5. The summed E-state index contributed by atoms with van der Waals surface area (Å²) in [6.07, 6.45) is 3.36. The van der Waals surface area contributed by atoms with Gasteiger partial charge in [0.25, 0.3) is 0 Å². The SMILES string of the molecule is O=C1[C@@H]2[C@H]3CC[C@@H](C3)[C@H]2C(=O)N1c1ccccc1. The topological polar surface area (TPSA) is 37.4 Å². The highest BCUT2D eigenvalue weighted by atomic mass is 16.2. The van der Waals surface area contributed by atoms with Gasteiger partial charge < -0.3 is 0 Å². The molecule has 18 heavy (non-hydrogen) atoms. The van der Waals surface area contributed by atoms with Crippen molar-refractivity contribution < 1.29 is 9.59 Å². The van der Waals surface area contributed by atoms with E-state index in [0.717, 1.165) is 24.9 Å². The highest BCUT2D eigenvalue weighted by Crippen LogP contribution is 2.56. The number of anilines is 1.